The van der Waals surface area contributed by atoms with E-state index in [0.29, 0.717) is 24.9 Å². The molecule has 0 aliphatic carbocycles. The summed E-state index contributed by atoms with van der Waals surface area (Å²) in [5, 5.41) is 2.85. The Labute approximate surface area is 87.4 Å². The maximum atomic E-state index is 11.7. The second-order valence-electron chi connectivity index (χ2n) is 3.63. The van der Waals surface area contributed by atoms with E-state index in [1.165, 1.54) is 0 Å². The molecular weight excluding hydrogens is 196 g/mol. The summed E-state index contributed by atoms with van der Waals surface area (Å²) in [6, 6.07) is 0.0930. The molecule has 1 aliphatic rings. The molecule has 1 aromatic rings. The number of nitrogens with one attached hydrogen (secondary N) is 1. The van der Waals surface area contributed by atoms with Crippen LogP contribution in [0.25, 0.3) is 0 Å². The summed E-state index contributed by atoms with van der Waals surface area (Å²) < 4.78 is 6.77. The molecule has 6 heteroatoms. The van der Waals surface area contributed by atoms with Gasteiger partial charge in [-0.1, -0.05) is 0 Å². The van der Waals surface area contributed by atoms with Crippen molar-refractivity contribution < 1.29 is 9.53 Å². The third kappa shape index (κ3) is 2.10. The van der Waals surface area contributed by atoms with Gasteiger partial charge in [-0.2, -0.15) is 0 Å². The predicted molar refractivity (Wildman–Crippen MR) is 54.3 cm³/mol. The van der Waals surface area contributed by atoms with E-state index in [-0.39, 0.29) is 11.9 Å². The molecule has 82 valence electrons. The number of ether oxygens (including phenoxy) is 1. The summed E-state index contributed by atoms with van der Waals surface area (Å²) in [6.07, 6.45) is 2.46. The minimum atomic E-state index is -0.204. The fourth-order valence-corrected chi connectivity index (χ4v) is 1.60. The van der Waals surface area contributed by atoms with Crippen LogP contribution >= 0.6 is 0 Å². The Morgan fingerprint density at radius 2 is 2.60 bits per heavy atom. The molecule has 1 atom stereocenters. The molecule has 0 bridgehead atoms. The van der Waals surface area contributed by atoms with E-state index in [0.717, 1.165) is 6.42 Å². The zero-order chi connectivity index (χ0) is 10.8. The van der Waals surface area contributed by atoms with Crippen molar-refractivity contribution in [3.63, 3.8) is 0 Å². The lowest BCUT2D eigenvalue weighted by Crippen LogP contribution is -2.36. The number of carbonyl (C=O) groups is 1. The van der Waals surface area contributed by atoms with E-state index < -0.39 is 0 Å². The van der Waals surface area contributed by atoms with Crippen LogP contribution < -0.4 is 11.1 Å². The molecule has 0 saturated carbocycles. The zero-order valence-corrected chi connectivity index (χ0v) is 8.56. The minimum absolute atomic E-state index is 0.0930. The summed E-state index contributed by atoms with van der Waals surface area (Å²) >= 11 is 0. The molecule has 6 nitrogen and oxygen atoms in total. The molecule has 1 saturated heterocycles. The van der Waals surface area contributed by atoms with Crippen molar-refractivity contribution in [2.45, 2.75) is 12.5 Å². The molecule has 2 heterocycles. The monoisotopic (exact) mass is 210 g/mol. The van der Waals surface area contributed by atoms with Crippen molar-refractivity contribution in [3.05, 3.63) is 12.0 Å². The van der Waals surface area contributed by atoms with Crippen LogP contribution in [0.15, 0.2) is 6.20 Å². The summed E-state index contributed by atoms with van der Waals surface area (Å²) in [6.45, 7) is 1.28. The van der Waals surface area contributed by atoms with Crippen molar-refractivity contribution in [2.75, 3.05) is 18.9 Å². The fraction of sp³-hybridized carbons (Fsp3) is 0.556. The number of hydrogen-bond acceptors (Lipinski definition) is 4. The maximum absolute atomic E-state index is 11.7. The number of aromatic nitrogens is 2. The van der Waals surface area contributed by atoms with E-state index in [4.69, 9.17) is 10.5 Å². The number of amides is 1. The van der Waals surface area contributed by atoms with E-state index in [1.54, 1.807) is 17.8 Å². The van der Waals surface area contributed by atoms with Crippen LogP contribution in [0.3, 0.4) is 0 Å². The Bertz CT molecular complexity index is 368. The summed E-state index contributed by atoms with van der Waals surface area (Å²) in [5.41, 5.74) is 5.49. The Kier molecular flexibility index (Phi) is 2.59. The summed E-state index contributed by atoms with van der Waals surface area (Å²) in [5.74, 6) is 0.481. The molecule has 1 amide bonds. The standard InChI is InChI=1S/C9H14N4O2/c1-13-4-7(10)12-8(13)9(14)11-6-2-3-15-5-6/h4,6H,2-3,5,10H2,1H3,(H,11,14). The molecule has 1 aliphatic heterocycles. The van der Waals surface area contributed by atoms with Crippen molar-refractivity contribution in [3.8, 4) is 0 Å². The first-order chi connectivity index (χ1) is 7.16. The second kappa shape index (κ2) is 3.90. The number of anilines is 1. The topological polar surface area (TPSA) is 82.2 Å². The van der Waals surface area contributed by atoms with Gasteiger partial charge in [-0.25, -0.2) is 4.98 Å². The number of aryl methyl sites for hydroxylation is 1. The third-order valence-corrected chi connectivity index (χ3v) is 2.36. The lowest BCUT2D eigenvalue weighted by Gasteiger charge is -2.09. The lowest BCUT2D eigenvalue weighted by molar-refractivity contribution is 0.0916. The van der Waals surface area contributed by atoms with Crippen molar-refractivity contribution in [1.82, 2.24) is 14.9 Å². The normalized spacial score (nSPS) is 20.5. The van der Waals surface area contributed by atoms with Crippen LogP contribution in [0.2, 0.25) is 0 Å². The molecule has 0 aromatic carbocycles. The van der Waals surface area contributed by atoms with Crippen molar-refractivity contribution in [1.29, 1.82) is 0 Å². The summed E-state index contributed by atoms with van der Waals surface area (Å²) in [7, 11) is 1.74. The van der Waals surface area contributed by atoms with Gasteiger partial charge in [-0.3, -0.25) is 4.79 Å². The Morgan fingerprint density at radius 1 is 1.80 bits per heavy atom. The van der Waals surface area contributed by atoms with Crippen LogP contribution in [-0.2, 0) is 11.8 Å². The second-order valence-corrected chi connectivity index (χ2v) is 3.63. The van der Waals surface area contributed by atoms with Crippen molar-refractivity contribution in [2.24, 2.45) is 7.05 Å². The number of imidazole rings is 1. The van der Waals surface area contributed by atoms with Gasteiger partial charge in [0.05, 0.1) is 12.6 Å². The molecule has 1 aromatic heterocycles. The van der Waals surface area contributed by atoms with Gasteiger partial charge in [0.25, 0.3) is 5.91 Å². The van der Waals surface area contributed by atoms with Gasteiger partial charge in [-0.15, -0.1) is 0 Å². The molecule has 1 fully saturated rings. The highest BCUT2D eigenvalue weighted by Gasteiger charge is 2.20. The van der Waals surface area contributed by atoms with Crippen LogP contribution in [-0.4, -0.2) is 34.7 Å². The molecule has 15 heavy (non-hydrogen) atoms. The number of rotatable bonds is 2. The fourth-order valence-electron chi connectivity index (χ4n) is 1.60. The number of nitrogens with zero attached hydrogens (tertiary/aromatic N) is 2. The first-order valence-electron chi connectivity index (χ1n) is 4.84. The van der Waals surface area contributed by atoms with Gasteiger partial charge in [0.15, 0.2) is 0 Å². The maximum Gasteiger partial charge on any atom is 0.287 e. The van der Waals surface area contributed by atoms with Crippen LogP contribution in [0.1, 0.15) is 17.0 Å². The minimum Gasteiger partial charge on any atom is -0.382 e. The first kappa shape index (κ1) is 9.97. The Balaban J connectivity index is 2.03. The molecule has 0 spiro atoms. The first-order valence-corrected chi connectivity index (χ1v) is 4.84. The van der Waals surface area contributed by atoms with Crippen LogP contribution in [0.4, 0.5) is 5.82 Å². The van der Waals surface area contributed by atoms with Crippen LogP contribution in [0.5, 0.6) is 0 Å². The van der Waals surface area contributed by atoms with E-state index >= 15 is 0 Å². The van der Waals surface area contributed by atoms with Crippen LogP contribution in [0, 0.1) is 0 Å². The number of nitrogens with two attached hydrogens (primary N) is 1. The Morgan fingerprint density at radius 3 is 3.13 bits per heavy atom. The SMILES string of the molecule is Cn1cc(N)nc1C(=O)NC1CCOC1. The molecular formula is C9H14N4O2. The average Bonchev–Trinajstić information content (AvgIpc) is 2.75. The smallest absolute Gasteiger partial charge is 0.287 e. The highest BCUT2D eigenvalue weighted by Crippen LogP contribution is 2.06. The molecule has 3 N–H and O–H groups in total. The van der Waals surface area contributed by atoms with E-state index in [9.17, 15) is 4.79 Å². The lowest BCUT2D eigenvalue weighted by atomic mass is 10.2. The quantitative estimate of drug-likeness (QED) is 0.690. The van der Waals surface area contributed by atoms with Gasteiger partial charge >= 0.3 is 0 Å². The molecule has 0 radical (unpaired) electrons. The van der Waals surface area contributed by atoms with Crippen molar-refractivity contribution >= 4 is 11.7 Å². The van der Waals surface area contributed by atoms with Gasteiger partial charge in [0.2, 0.25) is 5.82 Å². The molecule has 2 rings (SSSR count). The average molecular weight is 210 g/mol. The Hall–Kier alpha value is -1.56. The number of hydrogen-bond donors (Lipinski definition) is 2. The number of nitrogen functional groups attached to an aromatic ring is 1. The van der Waals surface area contributed by atoms with E-state index in [1.807, 2.05) is 0 Å². The zero-order valence-electron chi connectivity index (χ0n) is 8.56. The highest BCUT2D eigenvalue weighted by molar-refractivity contribution is 5.91. The van der Waals surface area contributed by atoms with Gasteiger partial charge in [0.1, 0.15) is 5.82 Å². The van der Waals surface area contributed by atoms with Gasteiger partial charge in [0, 0.05) is 19.9 Å². The molecule has 1 unspecified atom stereocenters. The highest BCUT2D eigenvalue weighted by atomic mass is 16.5. The predicted octanol–water partition coefficient (Wildman–Crippen LogP) is -0.479. The third-order valence-electron chi connectivity index (χ3n) is 2.36. The van der Waals surface area contributed by atoms with Gasteiger partial charge in [-0.05, 0) is 6.42 Å². The number of carbonyl (C=O) groups excluding carboxylic acids is 1. The van der Waals surface area contributed by atoms with E-state index in [2.05, 4.69) is 10.3 Å². The largest absolute Gasteiger partial charge is 0.382 e. The summed E-state index contributed by atoms with van der Waals surface area (Å²) in [4.78, 5) is 15.7. The van der Waals surface area contributed by atoms with Gasteiger partial charge < -0.3 is 20.4 Å².